The summed E-state index contributed by atoms with van der Waals surface area (Å²) in [7, 11) is 0. The van der Waals surface area contributed by atoms with E-state index in [2.05, 4.69) is 0 Å². The standard InChI is InChI=1S/C8H8F6/c1-4-5(2)8(13,14)6(10,3-9)7(4,11)12/h3H2,1-2H3. The largest absolute Gasteiger partial charge is 0.311 e. The van der Waals surface area contributed by atoms with Gasteiger partial charge >= 0.3 is 11.8 Å². The molecule has 1 aliphatic rings. The lowest BCUT2D eigenvalue weighted by molar-refractivity contribution is -0.203. The van der Waals surface area contributed by atoms with Crippen LogP contribution in [0.15, 0.2) is 11.1 Å². The Balaban J connectivity index is 3.40. The Hall–Kier alpha value is -0.680. The van der Waals surface area contributed by atoms with Gasteiger partial charge in [0.1, 0.15) is 6.67 Å². The fraction of sp³-hybridized carbons (Fsp3) is 0.750. The van der Waals surface area contributed by atoms with Crippen molar-refractivity contribution in [1.82, 2.24) is 0 Å². The van der Waals surface area contributed by atoms with E-state index in [1.807, 2.05) is 0 Å². The Kier molecular flexibility index (Phi) is 2.17. The molecule has 0 nitrogen and oxygen atoms in total. The molecule has 0 heterocycles. The lowest BCUT2D eigenvalue weighted by Crippen LogP contribution is -2.54. The molecule has 1 rings (SSSR count). The van der Waals surface area contributed by atoms with Crippen LogP contribution in [0.1, 0.15) is 13.8 Å². The summed E-state index contributed by atoms with van der Waals surface area (Å²) < 4.78 is 77.2. The molecule has 0 fully saturated rings. The van der Waals surface area contributed by atoms with Crippen LogP contribution in [0.25, 0.3) is 0 Å². The summed E-state index contributed by atoms with van der Waals surface area (Å²) in [4.78, 5) is 0. The van der Waals surface area contributed by atoms with Crippen LogP contribution >= 0.6 is 0 Å². The van der Waals surface area contributed by atoms with Gasteiger partial charge in [-0.05, 0) is 13.8 Å². The van der Waals surface area contributed by atoms with Gasteiger partial charge in [0.25, 0.3) is 5.67 Å². The van der Waals surface area contributed by atoms with Gasteiger partial charge in [0.05, 0.1) is 0 Å². The van der Waals surface area contributed by atoms with E-state index in [-0.39, 0.29) is 0 Å². The third-order valence-corrected chi connectivity index (χ3v) is 2.68. The second-order valence-corrected chi connectivity index (χ2v) is 3.33. The Labute approximate surface area is 76.6 Å². The molecule has 0 aromatic rings. The van der Waals surface area contributed by atoms with E-state index in [4.69, 9.17) is 0 Å². The fourth-order valence-corrected chi connectivity index (χ4v) is 1.43. The van der Waals surface area contributed by atoms with Crippen molar-refractivity contribution < 1.29 is 26.3 Å². The summed E-state index contributed by atoms with van der Waals surface area (Å²) in [5.41, 5.74) is -6.63. The Bertz CT molecular complexity index is 266. The minimum Gasteiger partial charge on any atom is -0.247 e. The highest BCUT2D eigenvalue weighted by Crippen LogP contribution is 2.58. The predicted octanol–water partition coefficient (Wildman–Crippen LogP) is 3.28. The van der Waals surface area contributed by atoms with Gasteiger partial charge in [0.2, 0.25) is 0 Å². The SMILES string of the molecule is CC1=C(C)C(F)(F)C(F)(CF)C1(F)F. The first kappa shape index (κ1) is 11.4. The molecule has 0 unspecified atom stereocenters. The second-order valence-electron chi connectivity index (χ2n) is 3.33. The fourth-order valence-electron chi connectivity index (χ4n) is 1.43. The first-order valence-electron chi connectivity index (χ1n) is 3.82. The molecule has 14 heavy (non-hydrogen) atoms. The lowest BCUT2D eigenvalue weighted by atomic mass is 9.96. The van der Waals surface area contributed by atoms with Gasteiger partial charge in [-0.3, -0.25) is 0 Å². The zero-order chi connectivity index (χ0) is 11.4. The number of halogens is 6. The molecule has 0 atom stereocenters. The van der Waals surface area contributed by atoms with Crippen molar-refractivity contribution in [2.24, 2.45) is 0 Å². The molecule has 0 spiro atoms. The van der Waals surface area contributed by atoms with E-state index in [0.717, 1.165) is 0 Å². The summed E-state index contributed by atoms with van der Waals surface area (Å²) in [5.74, 6) is -8.90. The van der Waals surface area contributed by atoms with Crippen molar-refractivity contribution in [1.29, 1.82) is 0 Å². The number of hydrogen-bond donors (Lipinski definition) is 0. The van der Waals surface area contributed by atoms with Crippen LogP contribution in [0, 0.1) is 0 Å². The monoisotopic (exact) mass is 218 g/mol. The minimum absolute atomic E-state index is 0.681. The molecule has 0 bridgehead atoms. The molecule has 0 saturated heterocycles. The first-order valence-corrected chi connectivity index (χ1v) is 3.82. The summed E-state index contributed by atoms with van der Waals surface area (Å²) in [6.07, 6.45) is 0. The van der Waals surface area contributed by atoms with Gasteiger partial charge in [-0.1, -0.05) is 0 Å². The van der Waals surface area contributed by atoms with Crippen LogP contribution in [0.5, 0.6) is 0 Å². The van der Waals surface area contributed by atoms with Crippen molar-refractivity contribution in [3.8, 4) is 0 Å². The normalized spacial score (nSPS) is 28.3. The van der Waals surface area contributed by atoms with Gasteiger partial charge in [-0.2, -0.15) is 17.6 Å². The highest BCUT2D eigenvalue weighted by Gasteiger charge is 2.76. The summed E-state index contributed by atoms with van der Waals surface area (Å²) in [5, 5.41) is 0. The van der Waals surface area contributed by atoms with Crippen molar-refractivity contribution in [3.05, 3.63) is 11.1 Å². The third-order valence-electron chi connectivity index (χ3n) is 2.68. The Morgan fingerprint density at radius 2 is 1.14 bits per heavy atom. The van der Waals surface area contributed by atoms with Crippen LogP contribution in [-0.2, 0) is 0 Å². The lowest BCUT2D eigenvalue weighted by Gasteiger charge is -2.30. The van der Waals surface area contributed by atoms with Crippen LogP contribution in [0.4, 0.5) is 26.3 Å². The average molecular weight is 218 g/mol. The van der Waals surface area contributed by atoms with Gasteiger partial charge in [-0.15, -0.1) is 0 Å². The van der Waals surface area contributed by atoms with E-state index < -0.39 is 35.3 Å². The molecular formula is C8H8F6. The zero-order valence-corrected chi connectivity index (χ0v) is 7.47. The topological polar surface area (TPSA) is 0 Å². The molecule has 0 amide bonds. The smallest absolute Gasteiger partial charge is 0.247 e. The predicted molar refractivity (Wildman–Crippen MR) is 38.1 cm³/mol. The molecule has 0 aromatic carbocycles. The van der Waals surface area contributed by atoms with Crippen molar-refractivity contribution in [2.45, 2.75) is 31.4 Å². The Morgan fingerprint density at radius 1 is 0.857 bits per heavy atom. The van der Waals surface area contributed by atoms with E-state index >= 15 is 0 Å². The third kappa shape index (κ3) is 0.914. The second kappa shape index (κ2) is 2.67. The van der Waals surface area contributed by atoms with Crippen molar-refractivity contribution in [2.75, 3.05) is 6.67 Å². The van der Waals surface area contributed by atoms with E-state index in [9.17, 15) is 26.3 Å². The zero-order valence-electron chi connectivity index (χ0n) is 7.47. The van der Waals surface area contributed by atoms with Gasteiger partial charge in [0, 0.05) is 11.1 Å². The number of allylic oxidation sites excluding steroid dienone is 2. The van der Waals surface area contributed by atoms with Gasteiger partial charge in [-0.25, -0.2) is 8.78 Å². The maximum atomic E-state index is 13.2. The van der Waals surface area contributed by atoms with Crippen LogP contribution in [-0.4, -0.2) is 24.2 Å². The van der Waals surface area contributed by atoms with Crippen molar-refractivity contribution in [3.63, 3.8) is 0 Å². The molecule has 0 N–H and O–H groups in total. The van der Waals surface area contributed by atoms with E-state index in [1.165, 1.54) is 0 Å². The molecule has 0 aromatic heterocycles. The molecule has 82 valence electrons. The van der Waals surface area contributed by atoms with Gasteiger partial charge in [0.15, 0.2) is 0 Å². The highest BCUT2D eigenvalue weighted by molar-refractivity contribution is 5.40. The van der Waals surface area contributed by atoms with E-state index in [0.29, 0.717) is 13.8 Å². The van der Waals surface area contributed by atoms with Crippen molar-refractivity contribution >= 4 is 0 Å². The summed E-state index contributed by atoms with van der Waals surface area (Å²) >= 11 is 0. The molecule has 0 aliphatic heterocycles. The molecule has 1 aliphatic carbocycles. The minimum atomic E-state index is -4.45. The number of rotatable bonds is 1. The van der Waals surface area contributed by atoms with Crippen LogP contribution < -0.4 is 0 Å². The van der Waals surface area contributed by atoms with E-state index in [1.54, 1.807) is 0 Å². The van der Waals surface area contributed by atoms with Gasteiger partial charge < -0.3 is 0 Å². The highest BCUT2D eigenvalue weighted by atomic mass is 19.3. The maximum absolute atomic E-state index is 13.2. The molecular weight excluding hydrogens is 210 g/mol. The molecule has 6 heteroatoms. The van der Waals surface area contributed by atoms with Crippen LogP contribution in [0.2, 0.25) is 0 Å². The molecule has 0 saturated carbocycles. The quantitative estimate of drug-likeness (QED) is 0.468. The summed E-state index contributed by atoms with van der Waals surface area (Å²) in [6.45, 7) is -1.05. The Morgan fingerprint density at radius 3 is 1.29 bits per heavy atom. The number of alkyl halides is 6. The maximum Gasteiger partial charge on any atom is 0.311 e. The summed E-state index contributed by atoms with van der Waals surface area (Å²) in [6, 6.07) is 0. The molecule has 0 radical (unpaired) electrons. The average Bonchev–Trinajstić information content (AvgIpc) is 2.19. The number of hydrogen-bond acceptors (Lipinski definition) is 0. The first-order chi connectivity index (χ1) is 6.13. The van der Waals surface area contributed by atoms with Crippen LogP contribution in [0.3, 0.4) is 0 Å².